The Labute approximate surface area is 152 Å². The van der Waals surface area contributed by atoms with Gasteiger partial charge in [0.05, 0.1) is 7.11 Å². The minimum absolute atomic E-state index is 0.110. The van der Waals surface area contributed by atoms with E-state index in [-0.39, 0.29) is 24.6 Å². The van der Waals surface area contributed by atoms with Gasteiger partial charge in [0.25, 0.3) is 0 Å². The molecule has 25 heavy (non-hydrogen) atoms. The number of methoxy groups -OCH3 is 1. The summed E-state index contributed by atoms with van der Waals surface area (Å²) in [6.07, 6.45) is 0. The standard InChI is InChI=1S/C18H16BrFO5/c1-11(21)12-4-6-16(17(7-12)23-2)24-10-18(22)25-9-13-3-5-14(19)8-15(13)20/h3-8H,9-10H2,1-2H3. The molecule has 0 spiro atoms. The topological polar surface area (TPSA) is 61.8 Å². The number of ether oxygens (including phenoxy) is 3. The van der Waals surface area contributed by atoms with Crippen LogP contribution in [0.1, 0.15) is 22.8 Å². The fourth-order valence-corrected chi connectivity index (χ4v) is 2.31. The summed E-state index contributed by atoms with van der Waals surface area (Å²) in [7, 11) is 1.43. The highest BCUT2D eigenvalue weighted by Gasteiger charge is 2.12. The van der Waals surface area contributed by atoms with Crippen LogP contribution in [0.4, 0.5) is 4.39 Å². The van der Waals surface area contributed by atoms with Crippen molar-refractivity contribution in [2.45, 2.75) is 13.5 Å². The summed E-state index contributed by atoms with van der Waals surface area (Å²) in [4.78, 5) is 23.1. The number of Topliss-reactive ketones (excluding diaryl/α,β-unsaturated/α-hetero) is 1. The van der Waals surface area contributed by atoms with Crippen LogP contribution in [-0.2, 0) is 16.1 Å². The van der Waals surface area contributed by atoms with Gasteiger partial charge < -0.3 is 14.2 Å². The Hall–Kier alpha value is -2.41. The number of esters is 1. The highest BCUT2D eigenvalue weighted by atomic mass is 79.9. The molecule has 2 aromatic rings. The summed E-state index contributed by atoms with van der Waals surface area (Å²) < 4.78 is 29.7. The minimum Gasteiger partial charge on any atom is -0.493 e. The molecule has 0 aliphatic rings. The van der Waals surface area contributed by atoms with Gasteiger partial charge in [0.15, 0.2) is 23.9 Å². The van der Waals surface area contributed by atoms with E-state index in [0.29, 0.717) is 21.5 Å². The molecule has 2 aromatic carbocycles. The molecule has 0 heterocycles. The summed E-state index contributed by atoms with van der Waals surface area (Å²) in [5.41, 5.74) is 0.734. The largest absolute Gasteiger partial charge is 0.493 e. The molecule has 0 aromatic heterocycles. The van der Waals surface area contributed by atoms with Crippen molar-refractivity contribution < 1.29 is 28.2 Å². The molecule has 0 saturated heterocycles. The molecular formula is C18H16BrFO5. The molecule has 0 saturated carbocycles. The van der Waals surface area contributed by atoms with Gasteiger partial charge in [0, 0.05) is 15.6 Å². The van der Waals surface area contributed by atoms with E-state index in [2.05, 4.69) is 15.9 Å². The lowest BCUT2D eigenvalue weighted by Crippen LogP contribution is -2.15. The second-order valence-corrected chi connectivity index (χ2v) is 6.02. The molecule has 0 radical (unpaired) electrons. The lowest BCUT2D eigenvalue weighted by molar-refractivity contribution is -0.147. The molecule has 2 rings (SSSR count). The molecule has 0 amide bonds. The minimum atomic E-state index is -0.653. The van der Waals surface area contributed by atoms with Gasteiger partial charge in [-0.1, -0.05) is 22.0 Å². The quantitative estimate of drug-likeness (QED) is 0.511. The number of carbonyl (C=O) groups is 2. The van der Waals surface area contributed by atoms with Crippen LogP contribution in [0.15, 0.2) is 40.9 Å². The van der Waals surface area contributed by atoms with Gasteiger partial charge in [-0.25, -0.2) is 9.18 Å². The van der Waals surface area contributed by atoms with Crippen LogP contribution in [0.5, 0.6) is 11.5 Å². The summed E-state index contributed by atoms with van der Waals surface area (Å²) in [5, 5.41) is 0. The summed E-state index contributed by atoms with van der Waals surface area (Å²) >= 11 is 3.15. The number of ketones is 1. The fourth-order valence-electron chi connectivity index (χ4n) is 1.98. The maximum absolute atomic E-state index is 13.7. The number of hydrogen-bond donors (Lipinski definition) is 0. The number of hydrogen-bond acceptors (Lipinski definition) is 5. The average Bonchev–Trinajstić information content (AvgIpc) is 2.58. The molecule has 7 heteroatoms. The zero-order valence-electron chi connectivity index (χ0n) is 13.7. The average molecular weight is 411 g/mol. The van der Waals surface area contributed by atoms with E-state index < -0.39 is 11.8 Å². The van der Waals surface area contributed by atoms with Crippen LogP contribution in [0.3, 0.4) is 0 Å². The molecule has 0 unspecified atom stereocenters. The van der Waals surface area contributed by atoms with Gasteiger partial charge in [0.2, 0.25) is 0 Å². The monoisotopic (exact) mass is 410 g/mol. The number of rotatable bonds is 7. The van der Waals surface area contributed by atoms with Crippen LogP contribution < -0.4 is 9.47 Å². The van der Waals surface area contributed by atoms with E-state index in [0.717, 1.165) is 0 Å². The summed E-state index contributed by atoms with van der Waals surface area (Å²) in [5.74, 6) is -0.593. The van der Waals surface area contributed by atoms with Crippen LogP contribution >= 0.6 is 15.9 Å². The maximum atomic E-state index is 13.7. The third-order valence-corrected chi connectivity index (χ3v) is 3.81. The Bertz CT molecular complexity index is 791. The molecule has 132 valence electrons. The fraction of sp³-hybridized carbons (Fsp3) is 0.222. The van der Waals surface area contributed by atoms with Gasteiger partial charge in [-0.15, -0.1) is 0 Å². The number of benzene rings is 2. The van der Waals surface area contributed by atoms with Crippen molar-refractivity contribution in [2.24, 2.45) is 0 Å². The Kier molecular flexibility index (Phi) is 6.52. The molecule has 5 nitrogen and oxygen atoms in total. The Balaban J connectivity index is 1.92. The molecule has 0 aliphatic heterocycles. The first kappa shape index (κ1) is 18.9. The first-order valence-electron chi connectivity index (χ1n) is 7.32. The van der Waals surface area contributed by atoms with Crippen LogP contribution in [0.2, 0.25) is 0 Å². The highest BCUT2D eigenvalue weighted by Crippen LogP contribution is 2.28. The normalized spacial score (nSPS) is 10.2. The van der Waals surface area contributed by atoms with E-state index in [1.54, 1.807) is 12.1 Å². The van der Waals surface area contributed by atoms with Crippen molar-refractivity contribution in [3.63, 3.8) is 0 Å². The SMILES string of the molecule is COc1cc(C(C)=O)ccc1OCC(=O)OCc1ccc(Br)cc1F. The lowest BCUT2D eigenvalue weighted by Gasteiger charge is -2.11. The zero-order valence-corrected chi connectivity index (χ0v) is 15.3. The van der Waals surface area contributed by atoms with Gasteiger partial charge in [0.1, 0.15) is 12.4 Å². The third-order valence-electron chi connectivity index (χ3n) is 3.32. The predicted octanol–water partition coefficient (Wildman–Crippen LogP) is 3.92. The Morgan fingerprint density at radius 3 is 2.52 bits per heavy atom. The number of halogens is 2. The summed E-state index contributed by atoms with van der Waals surface area (Å²) in [6, 6.07) is 9.11. The summed E-state index contributed by atoms with van der Waals surface area (Å²) in [6.45, 7) is 0.879. The third kappa shape index (κ3) is 5.29. The van der Waals surface area contributed by atoms with Crippen molar-refractivity contribution >= 4 is 27.7 Å². The smallest absolute Gasteiger partial charge is 0.344 e. The van der Waals surface area contributed by atoms with E-state index in [1.165, 1.54) is 38.3 Å². The van der Waals surface area contributed by atoms with Crippen molar-refractivity contribution in [3.8, 4) is 11.5 Å². The van der Waals surface area contributed by atoms with Gasteiger partial charge in [-0.3, -0.25) is 4.79 Å². The van der Waals surface area contributed by atoms with Gasteiger partial charge >= 0.3 is 5.97 Å². The highest BCUT2D eigenvalue weighted by molar-refractivity contribution is 9.10. The van der Waals surface area contributed by atoms with Crippen molar-refractivity contribution in [2.75, 3.05) is 13.7 Å². The molecule has 0 fully saturated rings. The van der Waals surface area contributed by atoms with E-state index >= 15 is 0 Å². The molecule has 0 bridgehead atoms. The van der Waals surface area contributed by atoms with Crippen molar-refractivity contribution in [1.29, 1.82) is 0 Å². The van der Waals surface area contributed by atoms with Crippen LogP contribution in [0.25, 0.3) is 0 Å². The predicted molar refractivity (Wildman–Crippen MR) is 92.4 cm³/mol. The first-order valence-corrected chi connectivity index (χ1v) is 8.11. The van der Waals surface area contributed by atoms with E-state index in [4.69, 9.17) is 14.2 Å². The Morgan fingerprint density at radius 2 is 1.88 bits per heavy atom. The molecule has 0 N–H and O–H groups in total. The van der Waals surface area contributed by atoms with Gasteiger partial charge in [-0.2, -0.15) is 0 Å². The van der Waals surface area contributed by atoms with E-state index in [1.807, 2.05) is 0 Å². The lowest BCUT2D eigenvalue weighted by atomic mass is 10.1. The van der Waals surface area contributed by atoms with Crippen LogP contribution in [-0.4, -0.2) is 25.5 Å². The Morgan fingerprint density at radius 1 is 1.12 bits per heavy atom. The van der Waals surface area contributed by atoms with E-state index in [9.17, 15) is 14.0 Å². The zero-order chi connectivity index (χ0) is 18.4. The second-order valence-electron chi connectivity index (χ2n) is 5.11. The van der Waals surface area contributed by atoms with Crippen molar-refractivity contribution in [1.82, 2.24) is 0 Å². The molecule has 0 atom stereocenters. The first-order chi connectivity index (χ1) is 11.9. The van der Waals surface area contributed by atoms with Gasteiger partial charge in [-0.05, 0) is 37.3 Å². The second kappa shape index (κ2) is 8.62. The number of carbonyl (C=O) groups excluding carboxylic acids is 2. The van der Waals surface area contributed by atoms with Crippen LogP contribution in [0, 0.1) is 5.82 Å². The maximum Gasteiger partial charge on any atom is 0.344 e. The molecular weight excluding hydrogens is 395 g/mol. The van der Waals surface area contributed by atoms with Crippen molar-refractivity contribution in [3.05, 3.63) is 57.8 Å². The molecule has 0 aliphatic carbocycles.